The van der Waals surface area contributed by atoms with E-state index in [9.17, 15) is 0 Å². The fourth-order valence-corrected chi connectivity index (χ4v) is 3.68. The lowest BCUT2D eigenvalue weighted by Crippen LogP contribution is -2.27. The molecule has 0 aromatic rings. The van der Waals surface area contributed by atoms with Crippen molar-refractivity contribution in [2.45, 2.75) is 71.4 Å². The first-order valence-electron chi connectivity index (χ1n) is 6.46. The molecule has 3 heteroatoms. The number of hydrogen-bond acceptors (Lipinski definition) is 2. The standard InChI is InChI=1S/C12H28O2Si/c1-5-8-11-15(13-4)14-12(9-6-2)10-7-3/h12,15H,5-11H2,1-4H3. The van der Waals surface area contributed by atoms with Crippen molar-refractivity contribution in [2.24, 2.45) is 0 Å². The molecule has 0 radical (unpaired) electrons. The molecule has 0 aromatic heterocycles. The normalized spacial score (nSPS) is 13.4. The van der Waals surface area contributed by atoms with E-state index in [4.69, 9.17) is 8.85 Å². The first-order chi connectivity index (χ1) is 7.28. The smallest absolute Gasteiger partial charge is 0.321 e. The van der Waals surface area contributed by atoms with E-state index in [-0.39, 0.29) is 0 Å². The molecular formula is C12H28O2Si. The largest absolute Gasteiger partial charge is 0.400 e. The van der Waals surface area contributed by atoms with E-state index in [0.717, 1.165) is 6.04 Å². The zero-order valence-corrected chi connectivity index (χ0v) is 12.1. The number of rotatable bonds is 10. The van der Waals surface area contributed by atoms with Crippen molar-refractivity contribution in [3.05, 3.63) is 0 Å². The second-order valence-electron chi connectivity index (χ2n) is 4.14. The Bertz CT molecular complexity index is 125. The molecule has 0 aromatic carbocycles. The van der Waals surface area contributed by atoms with Crippen molar-refractivity contribution in [1.29, 1.82) is 0 Å². The molecule has 0 aliphatic carbocycles. The molecule has 1 atom stereocenters. The van der Waals surface area contributed by atoms with Gasteiger partial charge in [0.05, 0.1) is 0 Å². The van der Waals surface area contributed by atoms with Crippen LogP contribution in [-0.4, -0.2) is 22.5 Å². The molecule has 0 amide bonds. The van der Waals surface area contributed by atoms with Crippen molar-refractivity contribution < 1.29 is 8.85 Å². The summed E-state index contributed by atoms with van der Waals surface area (Å²) in [5, 5.41) is 0. The van der Waals surface area contributed by atoms with Crippen LogP contribution < -0.4 is 0 Å². The van der Waals surface area contributed by atoms with E-state index in [2.05, 4.69) is 20.8 Å². The fraction of sp³-hybridized carbons (Fsp3) is 1.00. The maximum absolute atomic E-state index is 6.10. The lowest BCUT2D eigenvalue weighted by molar-refractivity contribution is 0.133. The van der Waals surface area contributed by atoms with Crippen molar-refractivity contribution >= 4 is 9.28 Å². The third-order valence-electron chi connectivity index (χ3n) is 2.62. The number of unbranched alkanes of at least 4 members (excludes halogenated alkanes) is 1. The van der Waals surface area contributed by atoms with Crippen LogP contribution in [0.1, 0.15) is 59.3 Å². The summed E-state index contributed by atoms with van der Waals surface area (Å²) in [5.41, 5.74) is 0. The van der Waals surface area contributed by atoms with E-state index in [1.165, 1.54) is 38.5 Å². The van der Waals surface area contributed by atoms with Crippen LogP contribution in [-0.2, 0) is 8.85 Å². The Balaban J connectivity index is 3.85. The van der Waals surface area contributed by atoms with Gasteiger partial charge in [0.25, 0.3) is 0 Å². The third-order valence-corrected chi connectivity index (χ3v) is 4.72. The van der Waals surface area contributed by atoms with Gasteiger partial charge in [-0.3, -0.25) is 0 Å². The highest BCUT2D eigenvalue weighted by Gasteiger charge is 2.16. The van der Waals surface area contributed by atoms with Crippen molar-refractivity contribution in [3.8, 4) is 0 Å². The van der Waals surface area contributed by atoms with Crippen molar-refractivity contribution in [1.82, 2.24) is 0 Å². The molecule has 0 heterocycles. The van der Waals surface area contributed by atoms with Crippen LogP contribution in [0, 0.1) is 0 Å². The molecule has 0 aliphatic heterocycles. The summed E-state index contributed by atoms with van der Waals surface area (Å²) in [5.74, 6) is 0. The van der Waals surface area contributed by atoms with E-state index >= 15 is 0 Å². The molecular weight excluding hydrogens is 204 g/mol. The van der Waals surface area contributed by atoms with Gasteiger partial charge >= 0.3 is 9.28 Å². The molecule has 1 unspecified atom stereocenters. The van der Waals surface area contributed by atoms with Crippen LogP contribution in [0.15, 0.2) is 0 Å². The van der Waals surface area contributed by atoms with Gasteiger partial charge < -0.3 is 8.85 Å². The maximum Gasteiger partial charge on any atom is 0.321 e. The molecule has 0 rings (SSSR count). The molecule has 0 fully saturated rings. The molecule has 0 N–H and O–H groups in total. The Labute approximate surface area is 97.2 Å². The summed E-state index contributed by atoms with van der Waals surface area (Å²) in [4.78, 5) is 0. The van der Waals surface area contributed by atoms with Gasteiger partial charge in [-0.25, -0.2) is 0 Å². The Morgan fingerprint density at radius 2 is 1.60 bits per heavy atom. The second kappa shape index (κ2) is 10.6. The van der Waals surface area contributed by atoms with Gasteiger partial charge in [-0.15, -0.1) is 0 Å². The van der Waals surface area contributed by atoms with Crippen LogP contribution in [0.5, 0.6) is 0 Å². The van der Waals surface area contributed by atoms with Gasteiger partial charge in [-0.05, 0) is 18.9 Å². The summed E-state index contributed by atoms with van der Waals surface area (Å²) in [6.07, 6.45) is 7.73. The highest BCUT2D eigenvalue weighted by molar-refractivity contribution is 6.44. The molecule has 0 saturated carbocycles. The number of hydrogen-bond donors (Lipinski definition) is 0. The molecule has 0 bridgehead atoms. The molecule has 0 spiro atoms. The maximum atomic E-state index is 6.10. The van der Waals surface area contributed by atoms with Crippen LogP contribution in [0.25, 0.3) is 0 Å². The fourth-order valence-electron chi connectivity index (χ4n) is 1.75. The highest BCUT2D eigenvalue weighted by atomic mass is 28.3. The zero-order chi connectivity index (χ0) is 11.5. The summed E-state index contributed by atoms with van der Waals surface area (Å²) in [6, 6.07) is 1.16. The van der Waals surface area contributed by atoms with Crippen LogP contribution in [0.2, 0.25) is 6.04 Å². The highest BCUT2D eigenvalue weighted by Crippen LogP contribution is 2.13. The summed E-state index contributed by atoms with van der Waals surface area (Å²) in [6.45, 7) is 6.67. The lowest BCUT2D eigenvalue weighted by Gasteiger charge is -2.22. The van der Waals surface area contributed by atoms with Gasteiger partial charge in [0.1, 0.15) is 0 Å². The third kappa shape index (κ3) is 8.00. The minimum absolute atomic E-state index is 0.452. The first-order valence-corrected chi connectivity index (χ1v) is 8.22. The van der Waals surface area contributed by atoms with Gasteiger partial charge in [-0.1, -0.05) is 46.5 Å². The lowest BCUT2D eigenvalue weighted by atomic mass is 10.1. The second-order valence-corrected chi connectivity index (χ2v) is 6.32. The van der Waals surface area contributed by atoms with Gasteiger partial charge in [0, 0.05) is 13.2 Å². The molecule has 15 heavy (non-hydrogen) atoms. The molecule has 0 aliphatic rings. The van der Waals surface area contributed by atoms with Crippen molar-refractivity contribution in [2.75, 3.05) is 7.11 Å². The average Bonchev–Trinajstić information content (AvgIpc) is 2.24. The minimum Gasteiger partial charge on any atom is -0.400 e. The van der Waals surface area contributed by atoms with E-state index in [1.807, 2.05) is 7.11 Å². The van der Waals surface area contributed by atoms with Crippen LogP contribution in [0.4, 0.5) is 0 Å². The Morgan fingerprint density at radius 3 is 2.00 bits per heavy atom. The van der Waals surface area contributed by atoms with E-state index in [0.29, 0.717) is 6.10 Å². The Morgan fingerprint density at radius 1 is 1.00 bits per heavy atom. The predicted molar refractivity (Wildman–Crippen MR) is 68.6 cm³/mol. The summed E-state index contributed by atoms with van der Waals surface area (Å²) in [7, 11) is 0.455. The van der Waals surface area contributed by atoms with E-state index in [1.54, 1.807) is 0 Å². The summed E-state index contributed by atoms with van der Waals surface area (Å²) < 4.78 is 11.6. The zero-order valence-electron chi connectivity index (χ0n) is 10.9. The quantitative estimate of drug-likeness (QED) is 0.535. The Kier molecular flexibility index (Phi) is 10.7. The van der Waals surface area contributed by atoms with Gasteiger partial charge in [0.15, 0.2) is 0 Å². The Hall–Kier alpha value is 0.137. The topological polar surface area (TPSA) is 18.5 Å². The van der Waals surface area contributed by atoms with Crippen LogP contribution >= 0.6 is 0 Å². The molecule has 2 nitrogen and oxygen atoms in total. The SMILES string of the molecule is CCCC[SiH](OC)OC(CCC)CCC. The monoisotopic (exact) mass is 232 g/mol. The minimum atomic E-state index is -1.35. The van der Waals surface area contributed by atoms with Gasteiger partial charge in [-0.2, -0.15) is 0 Å². The predicted octanol–water partition coefficient (Wildman–Crippen LogP) is 3.64. The van der Waals surface area contributed by atoms with Crippen LogP contribution in [0.3, 0.4) is 0 Å². The van der Waals surface area contributed by atoms with E-state index < -0.39 is 9.28 Å². The molecule has 92 valence electrons. The average molecular weight is 232 g/mol. The summed E-state index contributed by atoms with van der Waals surface area (Å²) >= 11 is 0. The molecule has 0 saturated heterocycles. The van der Waals surface area contributed by atoms with Crippen molar-refractivity contribution in [3.63, 3.8) is 0 Å². The van der Waals surface area contributed by atoms with Gasteiger partial charge in [0.2, 0.25) is 0 Å². The first kappa shape index (κ1) is 15.1.